The van der Waals surface area contributed by atoms with Gasteiger partial charge in [0.15, 0.2) is 0 Å². The first kappa shape index (κ1) is 10.9. The molecular weight excluding hydrogens is 190 g/mol. The Bertz CT molecular complexity index is 230. The van der Waals surface area contributed by atoms with Crippen molar-refractivity contribution in [2.24, 2.45) is 11.3 Å². The van der Waals surface area contributed by atoms with Crippen molar-refractivity contribution in [2.75, 3.05) is 20.2 Å². The van der Waals surface area contributed by atoms with Gasteiger partial charge in [0, 0.05) is 6.54 Å². The third kappa shape index (κ3) is 2.51. The third-order valence-electron chi connectivity index (χ3n) is 3.84. The number of rotatable bonds is 5. The summed E-state index contributed by atoms with van der Waals surface area (Å²) in [6, 6.07) is 0. The van der Waals surface area contributed by atoms with Crippen molar-refractivity contribution in [3.05, 3.63) is 0 Å². The van der Waals surface area contributed by atoms with Crippen LogP contribution in [0.1, 0.15) is 38.5 Å². The molecule has 86 valence electrons. The van der Waals surface area contributed by atoms with Crippen LogP contribution in [0.15, 0.2) is 0 Å². The minimum atomic E-state index is -0.159. The maximum atomic E-state index is 11.5. The Kier molecular flexibility index (Phi) is 3.29. The third-order valence-corrected chi connectivity index (χ3v) is 3.84. The molecule has 2 saturated carbocycles. The summed E-state index contributed by atoms with van der Waals surface area (Å²) in [5.74, 6) is 0.819. The molecule has 0 bridgehead atoms. The first-order valence-electron chi connectivity index (χ1n) is 6.06. The number of hydrogen-bond acceptors (Lipinski definition) is 3. The quantitative estimate of drug-likeness (QED) is 0.704. The number of carbonyl (C=O) groups excluding carboxylic acids is 1. The molecule has 1 N–H and O–H groups in total. The van der Waals surface area contributed by atoms with Gasteiger partial charge in [0.25, 0.3) is 0 Å². The molecule has 3 heteroatoms. The highest BCUT2D eigenvalue weighted by molar-refractivity contribution is 5.80. The molecule has 2 aliphatic carbocycles. The van der Waals surface area contributed by atoms with Crippen LogP contribution in [-0.2, 0) is 9.53 Å². The first-order valence-corrected chi connectivity index (χ1v) is 6.06. The molecule has 0 saturated heterocycles. The Morgan fingerprint density at radius 2 is 2.07 bits per heavy atom. The van der Waals surface area contributed by atoms with Crippen LogP contribution in [0.5, 0.6) is 0 Å². The van der Waals surface area contributed by atoms with E-state index in [1.807, 2.05) is 0 Å². The molecular formula is C12H21NO2. The van der Waals surface area contributed by atoms with Crippen LogP contribution in [0.3, 0.4) is 0 Å². The molecule has 2 aliphatic rings. The summed E-state index contributed by atoms with van der Waals surface area (Å²) >= 11 is 0. The smallest absolute Gasteiger partial charge is 0.313 e. The van der Waals surface area contributed by atoms with Crippen molar-refractivity contribution in [3.8, 4) is 0 Å². The van der Waals surface area contributed by atoms with Gasteiger partial charge in [-0.05, 0) is 38.1 Å². The minimum absolute atomic E-state index is 0.0265. The minimum Gasteiger partial charge on any atom is -0.469 e. The Balaban J connectivity index is 1.67. The van der Waals surface area contributed by atoms with Gasteiger partial charge in [0.2, 0.25) is 0 Å². The van der Waals surface area contributed by atoms with Crippen molar-refractivity contribution >= 4 is 5.97 Å². The lowest BCUT2D eigenvalue weighted by Gasteiger charge is -2.15. The first-order chi connectivity index (χ1) is 7.27. The van der Waals surface area contributed by atoms with Crippen molar-refractivity contribution in [1.29, 1.82) is 0 Å². The average Bonchev–Trinajstić information content (AvgIpc) is 2.86. The lowest BCUT2D eigenvalue weighted by molar-refractivity contribution is -0.146. The van der Waals surface area contributed by atoms with Crippen LogP contribution >= 0.6 is 0 Å². The Morgan fingerprint density at radius 1 is 1.40 bits per heavy atom. The van der Waals surface area contributed by atoms with Gasteiger partial charge in [0.05, 0.1) is 12.5 Å². The monoisotopic (exact) mass is 211 g/mol. The molecule has 0 radical (unpaired) electrons. The summed E-state index contributed by atoms with van der Waals surface area (Å²) in [6.07, 6.45) is 7.48. The molecule has 0 aliphatic heterocycles. The van der Waals surface area contributed by atoms with Gasteiger partial charge in [0.1, 0.15) is 0 Å². The van der Waals surface area contributed by atoms with E-state index in [1.165, 1.54) is 32.8 Å². The second-order valence-electron chi connectivity index (χ2n) is 5.05. The lowest BCUT2D eigenvalue weighted by Crippen LogP contribution is -2.33. The Morgan fingerprint density at radius 3 is 2.60 bits per heavy atom. The molecule has 0 aromatic rings. The van der Waals surface area contributed by atoms with E-state index in [1.54, 1.807) is 0 Å². The number of methoxy groups -OCH3 is 1. The average molecular weight is 211 g/mol. The molecule has 0 spiro atoms. The van der Waals surface area contributed by atoms with Gasteiger partial charge in [-0.1, -0.05) is 12.8 Å². The zero-order chi connectivity index (χ0) is 10.7. The van der Waals surface area contributed by atoms with Crippen molar-refractivity contribution in [2.45, 2.75) is 38.5 Å². The van der Waals surface area contributed by atoms with Crippen molar-refractivity contribution < 1.29 is 9.53 Å². The van der Waals surface area contributed by atoms with Crippen LogP contribution in [0, 0.1) is 11.3 Å². The molecule has 0 unspecified atom stereocenters. The van der Waals surface area contributed by atoms with Crippen LogP contribution < -0.4 is 5.32 Å². The number of nitrogens with one attached hydrogen (secondary N) is 1. The summed E-state index contributed by atoms with van der Waals surface area (Å²) in [5.41, 5.74) is -0.159. The molecule has 2 rings (SSSR count). The fourth-order valence-electron chi connectivity index (χ4n) is 2.55. The van der Waals surface area contributed by atoms with Gasteiger partial charge in [-0.15, -0.1) is 0 Å². The van der Waals surface area contributed by atoms with Gasteiger partial charge in [-0.2, -0.15) is 0 Å². The SMILES string of the molecule is COC(=O)C1(CNCC2CCCC2)CC1. The molecule has 2 fully saturated rings. The predicted molar refractivity (Wildman–Crippen MR) is 58.5 cm³/mol. The number of ether oxygens (including phenoxy) is 1. The van der Waals surface area contributed by atoms with E-state index in [9.17, 15) is 4.79 Å². The van der Waals surface area contributed by atoms with Crippen LogP contribution in [0.2, 0.25) is 0 Å². The maximum absolute atomic E-state index is 11.5. The van der Waals surface area contributed by atoms with Crippen molar-refractivity contribution in [3.63, 3.8) is 0 Å². The summed E-state index contributed by atoms with van der Waals surface area (Å²) in [6.45, 7) is 1.90. The van der Waals surface area contributed by atoms with Gasteiger partial charge < -0.3 is 10.1 Å². The molecule has 0 aromatic carbocycles. The van der Waals surface area contributed by atoms with E-state index >= 15 is 0 Å². The zero-order valence-electron chi connectivity index (χ0n) is 9.55. The summed E-state index contributed by atoms with van der Waals surface area (Å²) < 4.78 is 4.82. The fourth-order valence-corrected chi connectivity index (χ4v) is 2.55. The second-order valence-corrected chi connectivity index (χ2v) is 5.05. The van der Waals surface area contributed by atoms with E-state index < -0.39 is 0 Å². The molecule has 15 heavy (non-hydrogen) atoms. The predicted octanol–water partition coefficient (Wildman–Crippen LogP) is 1.72. The summed E-state index contributed by atoms with van der Waals surface area (Å²) in [4.78, 5) is 11.5. The van der Waals surface area contributed by atoms with Crippen LogP contribution in [0.25, 0.3) is 0 Å². The molecule has 0 atom stereocenters. The normalized spacial score (nSPS) is 24.1. The standard InChI is InChI=1S/C12H21NO2/c1-15-11(14)12(6-7-12)9-13-8-10-4-2-3-5-10/h10,13H,2-9H2,1H3. The number of hydrogen-bond donors (Lipinski definition) is 1. The number of esters is 1. The van der Waals surface area contributed by atoms with Crippen molar-refractivity contribution in [1.82, 2.24) is 5.32 Å². The molecule has 3 nitrogen and oxygen atoms in total. The van der Waals surface area contributed by atoms with E-state index in [2.05, 4.69) is 5.32 Å². The lowest BCUT2D eigenvalue weighted by atomic mass is 10.1. The Labute approximate surface area is 91.6 Å². The van der Waals surface area contributed by atoms with Crippen LogP contribution in [0.4, 0.5) is 0 Å². The zero-order valence-corrected chi connectivity index (χ0v) is 9.55. The topological polar surface area (TPSA) is 38.3 Å². The van der Waals surface area contributed by atoms with E-state index in [0.717, 1.165) is 31.8 Å². The van der Waals surface area contributed by atoms with Gasteiger partial charge in [-0.3, -0.25) is 4.79 Å². The molecule has 0 amide bonds. The second kappa shape index (κ2) is 4.52. The fraction of sp³-hybridized carbons (Fsp3) is 0.917. The summed E-state index contributed by atoms with van der Waals surface area (Å²) in [5, 5.41) is 3.44. The highest BCUT2D eigenvalue weighted by Gasteiger charge is 2.50. The van der Waals surface area contributed by atoms with E-state index in [-0.39, 0.29) is 11.4 Å². The van der Waals surface area contributed by atoms with E-state index in [0.29, 0.717) is 0 Å². The highest BCUT2D eigenvalue weighted by atomic mass is 16.5. The maximum Gasteiger partial charge on any atom is 0.313 e. The van der Waals surface area contributed by atoms with E-state index in [4.69, 9.17) is 4.74 Å². The number of carbonyl (C=O) groups is 1. The summed E-state index contributed by atoms with van der Waals surface area (Å²) in [7, 11) is 1.49. The van der Waals surface area contributed by atoms with Gasteiger partial charge >= 0.3 is 5.97 Å². The highest BCUT2D eigenvalue weighted by Crippen LogP contribution is 2.46. The van der Waals surface area contributed by atoms with Crippen LogP contribution in [-0.4, -0.2) is 26.2 Å². The molecule has 0 aromatic heterocycles. The largest absolute Gasteiger partial charge is 0.469 e. The Hall–Kier alpha value is -0.570. The van der Waals surface area contributed by atoms with Gasteiger partial charge in [-0.25, -0.2) is 0 Å². The molecule has 0 heterocycles.